The van der Waals surface area contributed by atoms with E-state index < -0.39 is 33.7 Å². The molecule has 27 heavy (non-hydrogen) atoms. The quantitative estimate of drug-likeness (QED) is 0.165. The van der Waals surface area contributed by atoms with Gasteiger partial charge in [0.25, 0.3) is 10.1 Å². The van der Waals surface area contributed by atoms with E-state index in [9.17, 15) is 23.1 Å². The van der Waals surface area contributed by atoms with Crippen LogP contribution in [0.3, 0.4) is 0 Å². The maximum absolute atomic E-state index is 10.2. The number of aliphatic carboxylic acids is 2. The third kappa shape index (κ3) is 26.8. The van der Waals surface area contributed by atoms with Crippen molar-refractivity contribution in [3.05, 3.63) is 5.73 Å². The fourth-order valence-corrected chi connectivity index (χ4v) is 2.68. The Labute approximate surface area is 207 Å². The van der Waals surface area contributed by atoms with Crippen molar-refractivity contribution in [3.8, 4) is 0 Å². The summed E-state index contributed by atoms with van der Waals surface area (Å²) in [5, 5.41) is 15.6. The van der Waals surface area contributed by atoms with Gasteiger partial charge in [-0.2, -0.15) is 15.0 Å². The van der Waals surface area contributed by atoms with Crippen LogP contribution in [-0.4, -0.2) is 41.8 Å². The van der Waals surface area contributed by atoms with Crippen LogP contribution in [0, 0.1) is 0 Å². The van der Waals surface area contributed by atoms with E-state index in [1.165, 1.54) is 57.8 Å². The van der Waals surface area contributed by atoms with Crippen molar-refractivity contribution in [1.82, 2.24) is 0 Å². The fraction of sp³-hybridized carbons (Fsp3) is 0.875. The van der Waals surface area contributed by atoms with Crippen LogP contribution in [0.25, 0.3) is 5.73 Å². The van der Waals surface area contributed by atoms with Crippen molar-refractivity contribution in [2.45, 2.75) is 82.8 Å². The molecule has 0 saturated heterocycles. The monoisotopic (exact) mass is 427 g/mol. The number of hydrogen-bond acceptors (Lipinski definition) is 5. The summed E-state index contributed by atoms with van der Waals surface area (Å²) in [4.78, 5) is 19.9. The van der Waals surface area contributed by atoms with E-state index in [1.54, 1.807) is 0 Å². The SMILES string of the molecule is CCCCCCCCCCCC[NH-].O=C(O)CC(C(=O)[O-])S(=O)(=O)O.[Na+].[Na+]. The van der Waals surface area contributed by atoms with Crippen molar-refractivity contribution >= 4 is 22.1 Å². The molecule has 0 aromatic rings. The predicted octanol–water partition coefficient (Wildman–Crippen LogP) is -3.57. The molecule has 11 heteroatoms. The first-order chi connectivity index (χ1) is 11.7. The standard InChI is InChI=1S/C12H26N.C4H6O7S.2Na/c1-2-3-4-5-6-7-8-9-10-11-12-13;5-3(6)1-2(4(7)8)12(9,10)11;;/h13H,2-12H2,1H3;2H,1H2,(H,5,6)(H,7,8)(H,9,10,11);;/q-1;;2*+1/p-1. The van der Waals surface area contributed by atoms with E-state index in [1.807, 2.05) is 0 Å². The summed E-state index contributed by atoms with van der Waals surface area (Å²) in [5.74, 6) is -3.79. The van der Waals surface area contributed by atoms with Gasteiger partial charge in [-0.15, -0.1) is 0 Å². The molecule has 0 radical (unpaired) electrons. The number of carbonyl (C=O) groups excluding carboxylic acids is 1. The molecule has 1 atom stereocenters. The molecule has 0 aliphatic carbocycles. The van der Waals surface area contributed by atoms with Crippen LogP contribution in [0.4, 0.5) is 0 Å². The molecule has 0 aromatic carbocycles. The molecule has 0 aliphatic rings. The minimum absolute atomic E-state index is 0. The molecular formula is C16H31NNa2O7S. The predicted molar refractivity (Wildman–Crippen MR) is 93.6 cm³/mol. The molecule has 0 aliphatic heterocycles. The van der Waals surface area contributed by atoms with E-state index in [-0.39, 0.29) is 59.1 Å². The van der Waals surface area contributed by atoms with Crippen LogP contribution in [0.15, 0.2) is 0 Å². The Balaban J connectivity index is -0.000000183. The molecule has 1 unspecified atom stereocenters. The smallest absolute Gasteiger partial charge is 0.677 e. The second kappa shape index (κ2) is 23.1. The second-order valence-corrected chi connectivity index (χ2v) is 7.45. The first-order valence-corrected chi connectivity index (χ1v) is 10.2. The van der Waals surface area contributed by atoms with Gasteiger partial charge >= 0.3 is 65.1 Å². The van der Waals surface area contributed by atoms with Crippen LogP contribution < -0.4 is 64.2 Å². The third-order valence-electron chi connectivity index (χ3n) is 3.51. The zero-order valence-corrected chi connectivity index (χ0v) is 21.7. The Bertz CT molecular complexity index is 452. The van der Waals surface area contributed by atoms with Crippen LogP contribution in [0.2, 0.25) is 0 Å². The molecule has 0 bridgehead atoms. The first kappa shape index (κ1) is 35.3. The minimum Gasteiger partial charge on any atom is -0.677 e. The van der Waals surface area contributed by atoms with Gasteiger partial charge in [-0.05, 0) is 0 Å². The van der Waals surface area contributed by atoms with E-state index >= 15 is 0 Å². The van der Waals surface area contributed by atoms with Gasteiger partial charge < -0.3 is 20.7 Å². The number of hydrogen-bond donors (Lipinski definition) is 2. The fourth-order valence-electron chi connectivity index (χ4n) is 2.08. The van der Waals surface area contributed by atoms with Gasteiger partial charge in [0.05, 0.1) is 12.4 Å². The van der Waals surface area contributed by atoms with Gasteiger partial charge in [-0.25, -0.2) is 0 Å². The van der Waals surface area contributed by atoms with Crippen LogP contribution in [-0.2, 0) is 19.7 Å². The molecule has 0 rings (SSSR count). The zero-order chi connectivity index (χ0) is 19.7. The maximum Gasteiger partial charge on any atom is 1.00 e. The summed E-state index contributed by atoms with van der Waals surface area (Å²) in [6, 6.07) is 0. The summed E-state index contributed by atoms with van der Waals surface area (Å²) in [5.41, 5.74) is 7.00. The Morgan fingerprint density at radius 2 is 1.30 bits per heavy atom. The summed E-state index contributed by atoms with van der Waals surface area (Å²) < 4.78 is 28.5. The Hall–Kier alpha value is 0.810. The molecule has 150 valence electrons. The number of carboxylic acids is 2. The maximum atomic E-state index is 10.2. The Kier molecular flexibility index (Phi) is 30.2. The summed E-state index contributed by atoms with van der Waals surface area (Å²) in [7, 11) is -4.90. The molecule has 0 aromatic heterocycles. The molecule has 8 nitrogen and oxygen atoms in total. The van der Waals surface area contributed by atoms with E-state index in [0.717, 1.165) is 6.42 Å². The van der Waals surface area contributed by atoms with Crippen LogP contribution in [0.5, 0.6) is 0 Å². The average molecular weight is 427 g/mol. The van der Waals surface area contributed by atoms with E-state index in [0.29, 0.717) is 6.54 Å². The Morgan fingerprint density at radius 1 is 0.926 bits per heavy atom. The van der Waals surface area contributed by atoms with Crippen molar-refractivity contribution in [3.63, 3.8) is 0 Å². The minimum atomic E-state index is -4.90. The largest absolute Gasteiger partial charge is 1.00 e. The molecule has 0 fully saturated rings. The number of carbonyl (C=O) groups is 2. The molecule has 0 heterocycles. The van der Waals surface area contributed by atoms with Gasteiger partial charge in [-0.3, -0.25) is 9.35 Å². The van der Waals surface area contributed by atoms with Gasteiger partial charge in [0.1, 0.15) is 5.25 Å². The normalized spacial score (nSPS) is 11.2. The van der Waals surface area contributed by atoms with Crippen molar-refractivity contribution in [2.24, 2.45) is 0 Å². The molecular weight excluding hydrogens is 396 g/mol. The van der Waals surface area contributed by atoms with E-state index in [4.69, 9.17) is 15.4 Å². The summed E-state index contributed by atoms with van der Waals surface area (Å²) in [6.45, 7) is 2.89. The molecule has 3 N–H and O–H groups in total. The molecule has 0 spiro atoms. The molecule has 0 amide bonds. The summed E-state index contributed by atoms with van der Waals surface area (Å²) in [6.07, 6.45) is 12.4. The molecule has 0 saturated carbocycles. The van der Waals surface area contributed by atoms with E-state index in [2.05, 4.69) is 6.92 Å². The topological polar surface area (TPSA) is 156 Å². The number of nitrogens with one attached hydrogen (secondary N) is 1. The Morgan fingerprint density at radius 3 is 1.52 bits per heavy atom. The van der Waals surface area contributed by atoms with Gasteiger partial charge in [0, 0.05) is 0 Å². The van der Waals surface area contributed by atoms with Crippen molar-refractivity contribution < 1.29 is 91.9 Å². The van der Waals surface area contributed by atoms with Gasteiger partial charge in [-0.1, -0.05) is 71.1 Å². The van der Waals surface area contributed by atoms with Crippen LogP contribution in [0.1, 0.15) is 77.6 Å². The second-order valence-electron chi connectivity index (χ2n) is 5.85. The number of carboxylic acid groups (broad SMARTS) is 2. The first-order valence-electron chi connectivity index (χ1n) is 8.70. The van der Waals surface area contributed by atoms with Gasteiger partial charge in [0.2, 0.25) is 0 Å². The van der Waals surface area contributed by atoms with Crippen LogP contribution >= 0.6 is 0 Å². The average Bonchev–Trinajstić information content (AvgIpc) is 2.50. The van der Waals surface area contributed by atoms with Crippen molar-refractivity contribution in [1.29, 1.82) is 0 Å². The third-order valence-corrected chi connectivity index (χ3v) is 4.59. The summed E-state index contributed by atoms with van der Waals surface area (Å²) >= 11 is 0. The van der Waals surface area contributed by atoms with Crippen molar-refractivity contribution in [2.75, 3.05) is 6.54 Å². The number of rotatable bonds is 14. The zero-order valence-electron chi connectivity index (χ0n) is 16.9. The number of unbranched alkanes of at least 4 members (excludes halogenated alkanes) is 9. The van der Waals surface area contributed by atoms with Gasteiger partial charge in [0.15, 0.2) is 0 Å².